The Hall–Kier alpha value is -1.23. The largest absolute Gasteiger partial charge is 0.336 e. The maximum atomic E-state index is 12.1. The smallest absolute Gasteiger partial charge is 0.315 e. The van der Waals surface area contributed by atoms with Gasteiger partial charge in [-0.3, -0.25) is 4.98 Å². The number of rotatable bonds is 7. The Bertz CT molecular complexity index is 397. The van der Waals surface area contributed by atoms with Crippen LogP contribution in [0.4, 0.5) is 4.79 Å². The van der Waals surface area contributed by atoms with Crippen molar-refractivity contribution in [2.24, 2.45) is 5.92 Å². The van der Waals surface area contributed by atoms with E-state index < -0.39 is 0 Å². The molecule has 1 heterocycles. The van der Waals surface area contributed by atoms with E-state index in [2.05, 4.69) is 35.7 Å². The van der Waals surface area contributed by atoms with Gasteiger partial charge < -0.3 is 10.6 Å². The minimum Gasteiger partial charge on any atom is -0.336 e. The topological polar surface area (TPSA) is 54.0 Å². The molecule has 112 valence electrons. The highest BCUT2D eigenvalue weighted by Crippen LogP contribution is 2.20. The molecule has 0 aromatic carbocycles. The van der Waals surface area contributed by atoms with Crippen molar-refractivity contribution in [2.75, 3.05) is 12.0 Å². The van der Waals surface area contributed by atoms with Crippen LogP contribution in [0.5, 0.6) is 0 Å². The van der Waals surface area contributed by atoms with E-state index in [1.165, 1.54) is 0 Å². The molecule has 0 aliphatic rings. The molecule has 0 radical (unpaired) electrons. The molecular weight excluding hydrogens is 270 g/mol. The molecule has 0 aliphatic heterocycles. The Morgan fingerprint density at radius 1 is 1.25 bits per heavy atom. The minimum atomic E-state index is -0.103. The summed E-state index contributed by atoms with van der Waals surface area (Å²) in [6, 6.07) is 3.98. The van der Waals surface area contributed by atoms with Gasteiger partial charge in [0.25, 0.3) is 0 Å². The molecule has 5 heteroatoms. The number of carbonyl (C=O) groups is 1. The SMILES string of the molecule is CSCC[C@H](C)NC(=O)N[C@@H](c1ccncc1)C(C)C. The van der Waals surface area contributed by atoms with Crippen LogP contribution >= 0.6 is 11.8 Å². The summed E-state index contributed by atoms with van der Waals surface area (Å²) in [6.45, 7) is 6.23. The lowest BCUT2D eigenvalue weighted by Gasteiger charge is -2.24. The molecule has 0 spiro atoms. The molecule has 0 saturated heterocycles. The van der Waals surface area contributed by atoms with Crippen LogP contribution in [0.3, 0.4) is 0 Å². The highest BCUT2D eigenvalue weighted by atomic mass is 32.2. The van der Waals surface area contributed by atoms with Crippen LogP contribution in [-0.2, 0) is 0 Å². The van der Waals surface area contributed by atoms with E-state index in [-0.39, 0.29) is 18.1 Å². The standard InChI is InChI=1S/C15H25N3OS/c1-11(2)14(13-5-8-16-9-6-13)18-15(19)17-12(3)7-10-20-4/h5-6,8-9,11-12,14H,7,10H2,1-4H3,(H2,17,18,19)/t12-,14+/m0/s1. The van der Waals surface area contributed by atoms with E-state index in [9.17, 15) is 4.79 Å². The second kappa shape index (κ2) is 8.84. The van der Waals surface area contributed by atoms with Crippen molar-refractivity contribution in [3.05, 3.63) is 30.1 Å². The molecule has 0 fully saturated rings. The maximum Gasteiger partial charge on any atom is 0.315 e. The predicted octanol–water partition coefficient (Wildman–Crippen LogP) is 3.22. The summed E-state index contributed by atoms with van der Waals surface area (Å²) in [5.41, 5.74) is 1.09. The highest BCUT2D eigenvalue weighted by molar-refractivity contribution is 7.98. The third-order valence-electron chi connectivity index (χ3n) is 3.15. The van der Waals surface area contributed by atoms with Gasteiger partial charge >= 0.3 is 6.03 Å². The van der Waals surface area contributed by atoms with Crippen molar-refractivity contribution in [3.8, 4) is 0 Å². The van der Waals surface area contributed by atoms with Gasteiger partial charge in [-0.1, -0.05) is 13.8 Å². The van der Waals surface area contributed by atoms with E-state index in [1.54, 1.807) is 24.2 Å². The molecule has 2 N–H and O–H groups in total. The average Bonchev–Trinajstić information content (AvgIpc) is 2.43. The number of nitrogens with one attached hydrogen (secondary N) is 2. The van der Waals surface area contributed by atoms with Gasteiger partial charge in [0.05, 0.1) is 6.04 Å². The van der Waals surface area contributed by atoms with Crippen molar-refractivity contribution in [1.29, 1.82) is 0 Å². The summed E-state index contributed by atoms with van der Waals surface area (Å²) < 4.78 is 0. The molecule has 20 heavy (non-hydrogen) atoms. The summed E-state index contributed by atoms with van der Waals surface area (Å²) >= 11 is 1.79. The van der Waals surface area contributed by atoms with E-state index in [0.29, 0.717) is 5.92 Å². The summed E-state index contributed by atoms with van der Waals surface area (Å²) in [6.07, 6.45) is 6.57. The van der Waals surface area contributed by atoms with E-state index in [0.717, 1.165) is 17.7 Å². The van der Waals surface area contributed by atoms with E-state index >= 15 is 0 Å². The lowest BCUT2D eigenvalue weighted by Crippen LogP contribution is -2.43. The number of urea groups is 1. The van der Waals surface area contributed by atoms with Crippen LogP contribution in [0, 0.1) is 5.92 Å². The summed E-state index contributed by atoms with van der Waals surface area (Å²) in [7, 11) is 0. The lowest BCUT2D eigenvalue weighted by molar-refractivity contribution is 0.229. The van der Waals surface area contributed by atoms with E-state index in [4.69, 9.17) is 0 Å². The molecular formula is C15H25N3OS. The van der Waals surface area contributed by atoms with Gasteiger partial charge in [0, 0.05) is 18.4 Å². The first-order chi connectivity index (χ1) is 9.54. The molecule has 1 rings (SSSR count). The monoisotopic (exact) mass is 295 g/mol. The number of hydrogen-bond acceptors (Lipinski definition) is 3. The van der Waals surface area contributed by atoms with Gasteiger partial charge in [-0.2, -0.15) is 11.8 Å². The van der Waals surface area contributed by atoms with Gasteiger partial charge in [0.15, 0.2) is 0 Å². The third-order valence-corrected chi connectivity index (χ3v) is 3.79. The van der Waals surface area contributed by atoms with Gasteiger partial charge in [0.2, 0.25) is 0 Å². The first-order valence-corrected chi connectivity index (χ1v) is 8.39. The zero-order valence-corrected chi connectivity index (χ0v) is 13.5. The first-order valence-electron chi connectivity index (χ1n) is 7.00. The Balaban J connectivity index is 2.56. The fraction of sp³-hybridized carbons (Fsp3) is 0.600. The molecule has 1 aromatic rings. The molecule has 0 unspecified atom stereocenters. The van der Waals surface area contributed by atoms with Crippen LogP contribution in [-0.4, -0.2) is 29.1 Å². The summed E-state index contributed by atoms with van der Waals surface area (Å²) in [5.74, 6) is 1.38. The molecule has 2 amide bonds. The number of thioether (sulfide) groups is 1. The zero-order valence-electron chi connectivity index (χ0n) is 12.7. The van der Waals surface area contributed by atoms with Crippen molar-refractivity contribution < 1.29 is 4.79 Å². The van der Waals surface area contributed by atoms with Crippen molar-refractivity contribution in [3.63, 3.8) is 0 Å². The fourth-order valence-corrected chi connectivity index (χ4v) is 2.57. The Labute approximate surface area is 126 Å². The lowest BCUT2D eigenvalue weighted by atomic mass is 9.97. The van der Waals surface area contributed by atoms with Crippen LogP contribution < -0.4 is 10.6 Å². The fourth-order valence-electron chi connectivity index (χ4n) is 1.98. The summed E-state index contributed by atoms with van der Waals surface area (Å²) in [4.78, 5) is 16.1. The number of amides is 2. The quantitative estimate of drug-likeness (QED) is 0.812. The molecule has 1 aromatic heterocycles. The Morgan fingerprint density at radius 3 is 2.45 bits per heavy atom. The molecule has 0 saturated carbocycles. The number of hydrogen-bond donors (Lipinski definition) is 2. The second-order valence-electron chi connectivity index (χ2n) is 5.30. The van der Waals surface area contributed by atoms with Crippen LogP contribution in [0.15, 0.2) is 24.5 Å². The van der Waals surface area contributed by atoms with Crippen molar-refractivity contribution in [2.45, 2.75) is 39.3 Å². The van der Waals surface area contributed by atoms with Crippen molar-refractivity contribution >= 4 is 17.8 Å². The maximum absolute atomic E-state index is 12.1. The van der Waals surface area contributed by atoms with Crippen molar-refractivity contribution in [1.82, 2.24) is 15.6 Å². The Morgan fingerprint density at radius 2 is 1.90 bits per heavy atom. The highest BCUT2D eigenvalue weighted by Gasteiger charge is 2.18. The first kappa shape index (κ1) is 16.8. The van der Waals surface area contributed by atoms with E-state index in [1.807, 2.05) is 19.1 Å². The third kappa shape index (κ3) is 5.82. The molecule has 0 bridgehead atoms. The number of pyridine rings is 1. The van der Waals surface area contributed by atoms with Gasteiger partial charge in [0.1, 0.15) is 0 Å². The predicted molar refractivity (Wildman–Crippen MR) is 85.9 cm³/mol. The second-order valence-corrected chi connectivity index (χ2v) is 6.29. The minimum absolute atomic E-state index is 0.00532. The van der Waals surface area contributed by atoms with Gasteiger partial charge in [-0.15, -0.1) is 0 Å². The number of aromatic nitrogens is 1. The van der Waals surface area contributed by atoms with Crippen LogP contribution in [0.25, 0.3) is 0 Å². The average molecular weight is 295 g/mol. The summed E-state index contributed by atoms with van der Waals surface area (Å²) in [5, 5.41) is 6.05. The normalized spacial score (nSPS) is 13.8. The molecule has 2 atom stereocenters. The van der Waals surface area contributed by atoms with Crippen LogP contribution in [0.1, 0.15) is 38.8 Å². The van der Waals surface area contributed by atoms with Gasteiger partial charge in [-0.25, -0.2) is 4.79 Å². The zero-order chi connectivity index (χ0) is 15.0. The van der Waals surface area contributed by atoms with Gasteiger partial charge in [-0.05, 0) is 49.0 Å². The van der Waals surface area contributed by atoms with Crippen LogP contribution in [0.2, 0.25) is 0 Å². The molecule has 4 nitrogen and oxygen atoms in total. The Kier molecular flexibility index (Phi) is 7.44. The molecule has 0 aliphatic carbocycles. The number of carbonyl (C=O) groups excluding carboxylic acids is 1. The number of nitrogens with zero attached hydrogens (tertiary/aromatic N) is 1.